The minimum Gasteiger partial charge on any atom is -0.333 e. The van der Waals surface area contributed by atoms with Gasteiger partial charge in [0.05, 0.1) is 22.5 Å². The summed E-state index contributed by atoms with van der Waals surface area (Å²) in [7, 11) is 0. The molecule has 9 heteroatoms. The number of anilines is 1. The lowest BCUT2D eigenvalue weighted by molar-refractivity contribution is -0.113. The Morgan fingerprint density at radius 3 is 2.79 bits per heavy atom. The number of amides is 1. The van der Waals surface area contributed by atoms with Crippen molar-refractivity contribution in [2.45, 2.75) is 25.4 Å². The van der Waals surface area contributed by atoms with Crippen LogP contribution in [0.4, 0.5) is 5.69 Å². The van der Waals surface area contributed by atoms with E-state index in [9.17, 15) is 4.79 Å². The van der Waals surface area contributed by atoms with Crippen molar-refractivity contribution < 1.29 is 4.79 Å². The second-order valence-electron chi connectivity index (χ2n) is 6.29. The van der Waals surface area contributed by atoms with E-state index in [1.54, 1.807) is 0 Å². The summed E-state index contributed by atoms with van der Waals surface area (Å²) in [5.74, 6) is 0.863. The maximum absolute atomic E-state index is 12.2. The van der Waals surface area contributed by atoms with Gasteiger partial charge in [0.2, 0.25) is 5.91 Å². The van der Waals surface area contributed by atoms with Crippen molar-refractivity contribution in [3.8, 4) is 5.69 Å². The molecule has 0 unspecified atom stereocenters. The first kappa shape index (κ1) is 18.2. The second kappa shape index (κ2) is 7.81. The number of aromatic nitrogens is 6. The van der Waals surface area contributed by atoms with Gasteiger partial charge in [0, 0.05) is 12.1 Å². The SMILES string of the molecule is CCc1nnn(-c2ccc(NC(=O)CSc3nc4ccc(C)cc4[nH]3)cc2)n1. The fourth-order valence-corrected chi connectivity index (χ4v) is 3.36. The molecule has 2 aromatic carbocycles. The van der Waals surface area contributed by atoms with E-state index in [1.807, 2.05) is 56.3 Å². The summed E-state index contributed by atoms with van der Waals surface area (Å²) in [5.41, 5.74) is 4.55. The van der Waals surface area contributed by atoms with Crippen LogP contribution in [0, 0.1) is 6.92 Å². The van der Waals surface area contributed by atoms with Gasteiger partial charge in [-0.3, -0.25) is 4.79 Å². The zero-order valence-corrected chi connectivity index (χ0v) is 16.3. The minimum atomic E-state index is -0.0958. The first-order chi connectivity index (χ1) is 13.6. The van der Waals surface area contributed by atoms with Crippen molar-refractivity contribution in [2.75, 3.05) is 11.1 Å². The van der Waals surface area contributed by atoms with E-state index >= 15 is 0 Å². The van der Waals surface area contributed by atoms with Gasteiger partial charge in [-0.05, 0) is 54.1 Å². The highest BCUT2D eigenvalue weighted by Crippen LogP contribution is 2.20. The number of carbonyl (C=O) groups excluding carboxylic acids is 1. The van der Waals surface area contributed by atoms with Crippen molar-refractivity contribution in [3.05, 3.63) is 53.9 Å². The molecule has 0 radical (unpaired) electrons. The van der Waals surface area contributed by atoms with Crippen LogP contribution in [0.3, 0.4) is 0 Å². The van der Waals surface area contributed by atoms with E-state index in [4.69, 9.17) is 0 Å². The zero-order chi connectivity index (χ0) is 19.5. The first-order valence-electron chi connectivity index (χ1n) is 8.89. The molecule has 28 heavy (non-hydrogen) atoms. The monoisotopic (exact) mass is 393 g/mol. The third-order valence-electron chi connectivity index (χ3n) is 4.11. The first-order valence-corrected chi connectivity index (χ1v) is 9.87. The Bertz CT molecular complexity index is 1120. The number of aromatic amines is 1. The van der Waals surface area contributed by atoms with Crippen LogP contribution in [-0.4, -0.2) is 41.8 Å². The van der Waals surface area contributed by atoms with Gasteiger partial charge >= 0.3 is 0 Å². The van der Waals surface area contributed by atoms with Crippen molar-refractivity contribution >= 4 is 34.4 Å². The molecule has 4 rings (SSSR count). The Hall–Kier alpha value is -3.20. The van der Waals surface area contributed by atoms with Gasteiger partial charge in [0.1, 0.15) is 0 Å². The third kappa shape index (κ3) is 4.04. The number of benzene rings is 2. The van der Waals surface area contributed by atoms with Crippen molar-refractivity contribution in [3.63, 3.8) is 0 Å². The topological polar surface area (TPSA) is 101 Å². The normalized spacial score (nSPS) is 11.1. The number of nitrogens with zero attached hydrogens (tertiary/aromatic N) is 5. The second-order valence-corrected chi connectivity index (χ2v) is 7.26. The van der Waals surface area contributed by atoms with Crippen LogP contribution in [-0.2, 0) is 11.2 Å². The Balaban J connectivity index is 1.35. The molecule has 2 aromatic heterocycles. The fraction of sp³-hybridized carbons (Fsp3) is 0.211. The molecule has 0 saturated carbocycles. The summed E-state index contributed by atoms with van der Waals surface area (Å²) in [4.78, 5) is 21.4. The van der Waals surface area contributed by atoms with E-state index in [0.717, 1.165) is 28.3 Å². The lowest BCUT2D eigenvalue weighted by atomic mass is 10.2. The van der Waals surface area contributed by atoms with Gasteiger partial charge in [-0.1, -0.05) is 24.8 Å². The Morgan fingerprint density at radius 1 is 1.21 bits per heavy atom. The molecule has 2 N–H and O–H groups in total. The number of thioether (sulfide) groups is 1. The maximum Gasteiger partial charge on any atom is 0.234 e. The van der Waals surface area contributed by atoms with Crippen LogP contribution in [0.5, 0.6) is 0 Å². The number of H-pyrrole nitrogens is 1. The fourth-order valence-electron chi connectivity index (χ4n) is 2.67. The highest BCUT2D eigenvalue weighted by atomic mass is 32.2. The third-order valence-corrected chi connectivity index (χ3v) is 4.98. The maximum atomic E-state index is 12.2. The number of rotatable bonds is 6. The van der Waals surface area contributed by atoms with Gasteiger partial charge < -0.3 is 10.3 Å². The van der Waals surface area contributed by atoms with Gasteiger partial charge in [0.25, 0.3) is 0 Å². The molecule has 8 nitrogen and oxygen atoms in total. The number of hydrogen-bond donors (Lipinski definition) is 2. The summed E-state index contributed by atoms with van der Waals surface area (Å²) < 4.78 is 0. The van der Waals surface area contributed by atoms with Crippen LogP contribution in [0.2, 0.25) is 0 Å². The molecule has 4 aromatic rings. The van der Waals surface area contributed by atoms with Crippen LogP contribution in [0.25, 0.3) is 16.7 Å². The Morgan fingerprint density at radius 2 is 2.04 bits per heavy atom. The van der Waals surface area contributed by atoms with Crippen LogP contribution in [0.1, 0.15) is 18.3 Å². The van der Waals surface area contributed by atoms with Crippen molar-refractivity contribution in [1.29, 1.82) is 0 Å². The number of imidazole rings is 1. The van der Waals surface area contributed by atoms with Gasteiger partial charge in [0.15, 0.2) is 11.0 Å². The van der Waals surface area contributed by atoms with Gasteiger partial charge in [-0.15, -0.1) is 15.0 Å². The molecule has 0 fully saturated rings. The standard InChI is InChI=1S/C19H19N7OS/c1-3-17-23-25-26(24-17)14-7-5-13(6-8-14)20-18(27)11-28-19-21-15-9-4-12(2)10-16(15)22-19/h4-10H,3,11H2,1-2H3,(H,20,27)(H,21,22). The van der Waals surface area contributed by atoms with E-state index in [1.165, 1.54) is 22.1 Å². The Kier molecular flexibility index (Phi) is 5.07. The number of carbonyl (C=O) groups is 1. The summed E-state index contributed by atoms with van der Waals surface area (Å²) in [5, 5.41) is 15.8. The summed E-state index contributed by atoms with van der Waals surface area (Å²) >= 11 is 1.37. The lowest BCUT2D eigenvalue weighted by Crippen LogP contribution is -2.14. The van der Waals surface area contributed by atoms with E-state index in [2.05, 4.69) is 30.7 Å². The largest absolute Gasteiger partial charge is 0.333 e. The minimum absolute atomic E-state index is 0.0958. The predicted molar refractivity (Wildman–Crippen MR) is 109 cm³/mol. The number of hydrogen-bond acceptors (Lipinski definition) is 6. The molecule has 1 amide bonds. The summed E-state index contributed by atoms with van der Waals surface area (Å²) in [6.45, 7) is 4.01. The van der Waals surface area contributed by atoms with Crippen LogP contribution >= 0.6 is 11.8 Å². The molecule has 0 aliphatic heterocycles. The van der Waals surface area contributed by atoms with Crippen molar-refractivity contribution in [1.82, 2.24) is 30.2 Å². The molecule has 142 valence electrons. The number of aryl methyl sites for hydroxylation is 2. The van der Waals surface area contributed by atoms with Crippen LogP contribution < -0.4 is 5.32 Å². The summed E-state index contributed by atoms with van der Waals surface area (Å²) in [6.07, 6.45) is 0.733. The number of nitrogens with one attached hydrogen (secondary N) is 2. The number of tetrazole rings is 1. The molecule has 2 heterocycles. The quantitative estimate of drug-likeness (QED) is 0.488. The summed E-state index contributed by atoms with van der Waals surface area (Å²) in [6, 6.07) is 13.3. The number of fused-ring (bicyclic) bond motifs is 1. The molecular formula is C19H19N7OS. The molecule has 0 spiro atoms. The van der Waals surface area contributed by atoms with Crippen molar-refractivity contribution in [2.24, 2.45) is 0 Å². The highest BCUT2D eigenvalue weighted by Gasteiger charge is 2.09. The molecule has 0 bridgehead atoms. The average Bonchev–Trinajstić information content (AvgIpc) is 3.33. The van der Waals surface area contributed by atoms with Gasteiger partial charge in [-0.25, -0.2) is 4.98 Å². The molecule has 0 saturated heterocycles. The van der Waals surface area contributed by atoms with Gasteiger partial charge in [-0.2, -0.15) is 0 Å². The zero-order valence-electron chi connectivity index (χ0n) is 15.5. The van der Waals surface area contributed by atoms with E-state index < -0.39 is 0 Å². The highest BCUT2D eigenvalue weighted by molar-refractivity contribution is 7.99. The van der Waals surface area contributed by atoms with Crippen LogP contribution in [0.15, 0.2) is 47.6 Å². The lowest BCUT2D eigenvalue weighted by Gasteiger charge is -2.05. The smallest absolute Gasteiger partial charge is 0.234 e. The predicted octanol–water partition coefficient (Wildman–Crippen LogP) is 3.14. The average molecular weight is 393 g/mol. The molecule has 0 atom stereocenters. The van der Waals surface area contributed by atoms with E-state index in [0.29, 0.717) is 11.5 Å². The molecule has 0 aliphatic rings. The molecule has 0 aliphatic carbocycles. The molecular weight excluding hydrogens is 374 g/mol. The Labute approximate surface area is 165 Å². The van der Waals surface area contributed by atoms with E-state index in [-0.39, 0.29) is 11.7 Å².